The molecule has 2 heterocycles. The molecular weight excluding hydrogens is 324 g/mol. The van der Waals surface area contributed by atoms with Gasteiger partial charge in [0.2, 0.25) is 5.82 Å². The molecule has 0 saturated carbocycles. The van der Waals surface area contributed by atoms with Gasteiger partial charge in [-0.3, -0.25) is 4.98 Å². The van der Waals surface area contributed by atoms with Crippen LogP contribution in [0.15, 0.2) is 66.9 Å². The zero-order valence-corrected chi connectivity index (χ0v) is 12.8. The Morgan fingerprint density at radius 2 is 1.80 bits per heavy atom. The number of hydrogen-bond acceptors (Lipinski definition) is 4. The number of rotatable bonds is 3. The summed E-state index contributed by atoms with van der Waals surface area (Å²) in [7, 11) is 0. The number of hydrogen-bond donors (Lipinski definition) is 0. The SMILES string of the molecule is Fc1ccc(-c2cccc(-n3nnc(-c4ccccn4)n3)c2)c(F)c1. The van der Waals surface area contributed by atoms with Crippen LogP contribution in [-0.4, -0.2) is 25.2 Å². The molecule has 4 rings (SSSR count). The maximum Gasteiger partial charge on any atom is 0.223 e. The van der Waals surface area contributed by atoms with E-state index in [1.54, 1.807) is 42.6 Å². The van der Waals surface area contributed by atoms with Gasteiger partial charge in [-0.2, -0.15) is 0 Å². The van der Waals surface area contributed by atoms with Crippen molar-refractivity contribution in [2.75, 3.05) is 0 Å². The first-order valence-electron chi connectivity index (χ1n) is 7.48. The largest absolute Gasteiger partial charge is 0.253 e. The van der Waals surface area contributed by atoms with Gasteiger partial charge in [0.1, 0.15) is 17.3 Å². The van der Waals surface area contributed by atoms with Gasteiger partial charge < -0.3 is 0 Å². The van der Waals surface area contributed by atoms with E-state index in [0.717, 1.165) is 6.07 Å². The second kappa shape index (κ2) is 6.20. The Labute approximate surface area is 141 Å². The van der Waals surface area contributed by atoms with Crippen molar-refractivity contribution in [2.24, 2.45) is 0 Å². The molecule has 0 unspecified atom stereocenters. The molecule has 122 valence electrons. The van der Waals surface area contributed by atoms with E-state index < -0.39 is 11.6 Å². The molecule has 0 N–H and O–H groups in total. The Hall–Kier alpha value is -3.48. The predicted molar refractivity (Wildman–Crippen MR) is 87.7 cm³/mol. The van der Waals surface area contributed by atoms with Crippen LogP contribution in [0.2, 0.25) is 0 Å². The van der Waals surface area contributed by atoms with Crippen molar-refractivity contribution in [1.29, 1.82) is 0 Å². The van der Waals surface area contributed by atoms with Gasteiger partial charge in [-0.15, -0.1) is 15.0 Å². The van der Waals surface area contributed by atoms with Crippen LogP contribution in [0, 0.1) is 11.6 Å². The van der Waals surface area contributed by atoms with Crippen molar-refractivity contribution in [3.05, 3.63) is 78.5 Å². The van der Waals surface area contributed by atoms with Crippen molar-refractivity contribution in [3.63, 3.8) is 0 Å². The quantitative estimate of drug-likeness (QED) is 0.573. The van der Waals surface area contributed by atoms with E-state index in [9.17, 15) is 8.78 Å². The van der Waals surface area contributed by atoms with E-state index in [0.29, 0.717) is 28.3 Å². The standard InChI is InChI=1S/C18H11F2N5/c19-13-7-8-15(16(20)11-13)12-4-3-5-14(10-12)25-23-18(22-24-25)17-6-1-2-9-21-17/h1-11H. The normalized spacial score (nSPS) is 10.8. The molecule has 0 saturated heterocycles. The van der Waals surface area contributed by atoms with E-state index >= 15 is 0 Å². The smallest absolute Gasteiger partial charge is 0.223 e. The third-order valence-electron chi connectivity index (χ3n) is 3.63. The highest BCUT2D eigenvalue weighted by atomic mass is 19.1. The summed E-state index contributed by atoms with van der Waals surface area (Å²) in [5, 5.41) is 12.3. The summed E-state index contributed by atoms with van der Waals surface area (Å²) in [6.07, 6.45) is 1.65. The third kappa shape index (κ3) is 2.99. The molecule has 0 aliphatic carbocycles. The van der Waals surface area contributed by atoms with E-state index in [1.807, 2.05) is 6.07 Å². The Morgan fingerprint density at radius 1 is 0.880 bits per heavy atom. The average Bonchev–Trinajstić information content (AvgIpc) is 3.13. The van der Waals surface area contributed by atoms with Gasteiger partial charge in [-0.1, -0.05) is 18.2 Å². The van der Waals surface area contributed by atoms with Gasteiger partial charge >= 0.3 is 0 Å². The summed E-state index contributed by atoms with van der Waals surface area (Å²) in [4.78, 5) is 5.52. The Balaban J connectivity index is 1.72. The molecule has 0 aliphatic heterocycles. The summed E-state index contributed by atoms with van der Waals surface area (Å²) >= 11 is 0. The van der Waals surface area contributed by atoms with Gasteiger partial charge in [0.05, 0.1) is 5.69 Å². The lowest BCUT2D eigenvalue weighted by Gasteiger charge is -2.05. The fraction of sp³-hybridized carbons (Fsp3) is 0. The lowest BCUT2D eigenvalue weighted by Crippen LogP contribution is -1.99. The highest BCUT2D eigenvalue weighted by Crippen LogP contribution is 2.25. The number of tetrazole rings is 1. The van der Waals surface area contributed by atoms with Crippen LogP contribution in [0.5, 0.6) is 0 Å². The highest BCUT2D eigenvalue weighted by Gasteiger charge is 2.11. The predicted octanol–water partition coefficient (Wildman–Crippen LogP) is 3.67. The second-order valence-electron chi connectivity index (χ2n) is 5.29. The van der Waals surface area contributed by atoms with Crippen molar-refractivity contribution >= 4 is 0 Å². The fourth-order valence-electron chi connectivity index (χ4n) is 2.44. The molecule has 2 aromatic heterocycles. The van der Waals surface area contributed by atoms with Crippen LogP contribution in [0.25, 0.3) is 28.3 Å². The minimum Gasteiger partial charge on any atom is -0.253 e. The minimum atomic E-state index is -0.627. The molecule has 0 bridgehead atoms. The summed E-state index contributed by atoms with van der Waals surface area (Å²) in [5.74, 6) is -0.854. The monoisotopic (exact) mass is 335 g/mol. The van der Waals surface area contributed by atoms with Crippen LogP contribution in [0.1, 0.15) is 0 Å². The van der Waals surface area contributed by atoms with E-state index in [-0.39, 0.29) is 0 Å². The number of nitrogens with zero attached hydrogens (tertiary/aromatic N) is 5. The summed E-state index contributed by atoms with van der Waals surface area (Å²) in [6, 6.07) is 15.9. The first-order valence-corrected chi connectivity index (χ1v) is 7.48. The maximum atomic E-state index is 14.0. The molecule has 25 heavy (non-hydrogen) atoms. The van der Waals surface area contributed by atoms with Gasteiger partial charge in [-0.05, 0) is 47.2 Å². The minimum absolute atomic E-state index is 0.299. The van der Waals surface area contributed by atoms with Crippen LogP contribution in [0.4, 0.5) is 8.78 Å². The fourth-order valence-corrected chi connectivity index (χ4v) is 2.44. The first-order chi connectivity index (χ1) is 12.2. The molecule has 0 radical (unpaired) electrons. The number of pyridine rings is 1. The lowest BCUT2D eigenvalue weighted by atomic mass is 10.0. The summed E-state index contributed by atoms with van der Waals surface area (Å²) in [5.41, 5.74) is 2.10. The van der Waals surface area contributed by atoms with Gasteiger partial charge in [0.15, 0.2) is 0 Å². The van der Waals surface area contributed by atoms with Gasteiger partial charge in [0, 0.05) is 17.8 Å². The highest BCUT2D eigenvalue weighted by molar-refractivity contribution is 5.66. The number of aromatic nitrogens is 5. The lowest BCUT2D eigenvalue weighted by molar-refractivity contribution is 0.585. The first kappa shape index (κ1) is 15.1. The number of halogens is 2. The molecule has 0 aliphatic rings. The molecule has 2 aromatic carbocycles. The Morgan fingerprint density at radius 3 is 2.60 bits per heavy atom. The molecule has 7 heteroatoms. The molecule has 4 aromatic rings. The second-order valence-corrected chi connectivity index (χ2v) is 5.29. The molecule has 5 nitrogen and oxygen atoms in total. The molecule has 0 spiro atoms. The van der Waals surface area contributed by atoms with Crippen LogP contribution in [0.3, 0.4) is 0 Å². The molecule has 0 fully saturated rings. The van der Waals surface area contributed by atoms with Crippen molar-refractivity contribution in [1.82, 2.24) is 25.2 Å². The number of benzene rings is 2. The van der Waals surface area contributed by atoms with E-state index in [1.165, 1.54) is 16.9 Å². The van der Waals surface area contributed by atoms with E-state index in [2.05, 4.69) is 20.4 Å². The molecular formula is C18H11F2N5. The summed E-state index contributed by atoms with van der Waals surface area (Å²) < 4.78 is 27.1. The molecule has 0 atom stereocenters. The zero-order chi connectivity index (χ0) is 17.2. The van der Waals surface area contributed by atoms with Crippen LogP contribution in [-0.2, 0) is 0 Å². The van der Waals surface area contributed by atoms with Crippen LogP contribution >= 0.6 is 0 Å². The Kier molecular flexibility index (Phi) is 3.74. The van der Waals surface area contributed by atoms with Gasteiger partial charge in [-0.25, -0.2) is 8.78 Å². The molecule has 0 amide bonds. The maximum absolute atomic E-state index is 14.0. The van der Waals surface area contributed by atoms with E-state index in [4.69, 9.17) is 0 Å². The Bertz CT molecular complexity index is 1030. The van der Waals surface area contributed by atoms with Crippen molar-refractivity contribution in [3.8, 4) is 28.3 Å². The van der Waals surface area contributed by atoms with Gasteiger partial charge in [0.25, 0.3) is 0 Å². The van der Waals surface area contributed by atoms with Crippen molar-refractivity contribution < 1.29 is 8.78 Å². The summed E-state index contributed by atoms with van der Waals surface area (Å²) in [6.45, 7) is 0. The average molecular weight is 335 g/mol. The van der Waals surface area contributed by atoms with Crippen LogP contribution < -0.4 is 0 Å². The topological polar surface area (TPSA) is 56.5 Å². The third-order valence-corrected chi connectivity index (χ3v) is 3.63. The van der Waals surface area contributed by atoms with Crippen molar-refractivity contribution in [2.45, 2.75) is 0 Å². The zero-order valence-electron chi connectivity index (χ0n) is 12.8.